The summed E-state index contributed by atoms with van der Waals surface area (Å²) in [7, 11) is 0. The van der Waals surface area contributed by atoms with Crippen LogP contribution in [-0.2, 0) is 4.79 Å². The number of aromatic amines is 1. The third kappa shape index (κ3) is 5.70. The second-order valence-electron chi connectivity index (χ2n) is 4.17. The molecule has 0 unspecified atom stereocenters. The van der Waals surface area contributed by atoms with E-state index in [1.54, 1.807) is 0 Å². The van der Waals surface area contributed by atoms with Gasteiger partial charge in [0.2, 0.25) is 5.91 Å². The van der Waals surface area contributed by atoms with Crippen molar-refractivity contribution in [3.8, 4) is 0 Å². The Hall–Kier alpha value is -1.85. The molecule has 1 aromatic heterocycles. The van der Waals surface area contributed by atoms with Gasteiger partial charge in [0.15, 0.2) is 0 Å². The number of hydrogen-bond donors (Lipinski definition) is 3. The summed E-state index contributed by atoms with van der Waals surface area (Å²) in [5, 5.41) is 5.72. The fourth-order valence-corrected chi connectivity index (χ4v) is 1.18. The van der Waals surface area contributed by atoms with Crippen molar-refractivity contribution >= 4 is 11.7 Å². The number of anilines is 1. The SMILES string of the molecule is CC(C)CNC(=O)CCNc1cc(=O)[nH]cn1. The van der Waals surface area contributed by atoms with E-state index in [1.807, 2.05) is 13.8 Å². The summed E-state index contributed by atoms with van der Waals surface area (Å²) in [5.74, 6) is 0.919. The van der Waals surface area contributed by atoms with Gasteiger partial charge in [0.1, 0.15) is 5.82 Å². The minimum absolute atomic E-state index is 0.00367. The van der Waals surface area contributed by atoms with E-state index < -0.39 is 0 Å². The Balaban J connectivity index is 2.24. The van der Waals surface area contributed by atoms with Crippen LogP contribution in [0.3, 0.4) is 0 Å². The van der Waals surface area contributed by atoms with E-state index in [2.05, 4.69) is 20.6 Å². The Morgan fingerprint density at radius 1 is 1.53 bits per heavy atom. The molecule has 1 heterocycles. The maximum atomic E-state index is 11.4. The van der Waals surface area contributed by atoms with Crippen LogP contribution < -0.4 is 16.2 Å². The monoisotopic (exact) mass is 238 g/mol. The van der Waals surface area contributed by atoms with Crippen molar-refractivity contribution < 1.29 is 4.79 Å². The summed E-state index contributed by atoms with van der Waals surface area (Å²) in [4.78, 5) is 28.6. The number of carbonyl (C=O) groups is 1. The maximum Gasteiger partial charge on any atom is 0.252 e. The lowest BCUT2D eigenvalue weighted by Gasteiger charge is -2.08. The van der Waals surface area contributed by atoms with Gasteiger partial charge in [0.25, 0.3) is 5.56 Å². The van der Waals surface area contributed by atoms with Gasteiger partial charge in [-0.3, -0.25) is 9.59 Å². The topological polar surface area (TPSA) is 86.9 Å². The van der Waals surface area contributed by atoms with E-state index in [1.165, 1.54) is 12.4 Å². The highest BCUT2D eigenvalue weighted by atomic mass is 16.1. The zero-order valence-corrected chi connectivity index (χ0v) is 10.1. The van der Waals surface area contributed by atoms with Crippen molar-refractivity contribution in [1.29, 1.82) is 0 Å². The van der Waals surface area contributed by atoms with Gasteiger partial charge in [-0.1, -0.05) is 13.8 Å². The van der Waals surface area contributed by atoms with E-state index in [4.69, 9.17) is 0 Å². The fourth-order valence-electron chi connectivity index (χ4n) is 1.18. The number of nitrogens with one attached hydrogen (secondary N) is 3. The third-order valence-corrected chi connectivity index (χ3v) is 2.04. The molecule has 0 aromatic carbocycles. The molecular formula is C11H18N4O2. The molecule has 17 heavy (non-hydrogen) atoms. The molecule has 94 valence electrons. The van der Waals surface area contributed by atoms with Crippen LogP contribution in [0.25, 0.3) is 0 Å². The molecule has 0 atom stereocenters. The van der Waals surface area contributed by atoms with Gasteiger partial charge in [-0.2, -0.15) is 0 Å². The second kappa shape index (κ2) is 6.67. The van der Waals surface area contributed by atoms with E-state index in [0.29, 0.717) is 31.2 Å². The van der Waals surface area contributed by atoms with Crippen molar-refractivity contribution in [3.63, 3.8) is 0 Å². The number of amides is 1. The number of rotatable bonds is 6. The number of carbonyl (C=O) groups excluding carboxylic acids is 1. The zero-order valence-electron chi connectivity index (χ0n) is 10.1. The van der Waals surface area contributed by atoms with E-state index in [9.17, 15) is 9.59 Å². The van der Waals surface area contributed by atoms with Crippen LogP contribution >= 0.6 is 0 Å². The highest BCUT2D eigenvalue weighted by Crippen LogP contribution is 1.95. The third-order valence-electron chi connectivity index (χ3n) is 2.04. The molecule has 1 aromatic rings. The first-order valence-electron chi connectivity index (χ1n) is 5.63. The average Bonchev–Trinajstić information content (AvgIpc) is 2.26. The molecule has 0 saturated carbocycles. The van der Waals surface area contributed by atoms with Crippen LogP contribution in [0.4, 0.5) is 5.82 Å². The Labute approximate surface area is 99.8 Å². The summed E-state index contributed by atoms with van der Waals surface area (Å²) in [5.41, 5.74) is -0.216. The number of nitrogens with zero attached hydrogens (tertiary/aromatic N) is 1. The minimum atomic E-state index is -0.216. The lowest BCUT2D eigenvalue weighted by Crippen LogP contribution is -2.28. The normalized spacial score (nSPS) is 10.3. The summed E-state index contributed by atoms with van der Waals surface area (Å²) in [6.07, 6.45) is 1.69. The summed E-state index contributed by atoms with van der Waals surface area (Å²) in [6.45, 7) is 5.22. The van der Waals surface area contributed by atoms with Gasteiger partial charge in [-0.05, 0) is 5.92 Å². The standard InChI is InChI=1S/C11H18N4O2/c1-8(2)6-13-10(16)3-4-12-9-5-11(17)15-7-14-9/h5,7-8H,3-4,6H2,1-2H3,(H,13,16)(H2,12,14,15,17). The van der Waals surface area contributed by atoms with Crippen LogP contribution in [0.1, 0.15) is 20.3 Å². The van der Waals surface area contributed by atoms with Crippen molar-refractivity contribution in [3.05, 3.63) is 22.7 Å². The highest BCUT2D eigenvalue weighted by molar-refractivity contribution is 5.76. The fraction of sp³-hybridized carbons (Fsp3) is 0.545. The van der Waals surface area contributed by atoms with Crippen molar-refractivity contribution in [2.24, 2.45) is 5.92 Å². The summed E-state index contributed by atoms with van der Waals surface area (Å²) >= 11 is 0. The molecule has 6 nitrogen and oxygen atoms in total. The van der Waals surface area contributed by atoms with Gasteiger partial charge < -0.3 is 15.6 Å². The molecule has 0 fully saturated rings. The van der Waals surface area contributed by atoms with Crippen LogP contribution in [0, 0.1) is 5.92 Å². The van der Waals surface area contributed by atoms with E-state index in [-0.39, 0.29) is 11.5 Å². The minimum Gasteiger partial charge on any atom is -0.369 e. The largest absolute Gasteiger partial charge is 0.369 e. The van der Waals surface area contributed by atoms with Crippen molar-refractivity contribution in [2.75, 3.05) is 18.4 Å². The van der Waals surface area contributed by atoms with Crippen LogP contribution in [0.15, 0.2) is 17.2 Å². The summed E-state index contributed by atoms with van der Waals surface area (Å²) in [6, 6.07) is 1.35. The first kappa shape index (κ1) is 13.2. The lowest BCUT2D eigenvalue weighted by molar-refractivity contribution is -0.120. The van der Waals surface area contributed by atoms with E-state index in [0.717, 1.165) is 0 Å². The van der Waals surface area contributed by atoms with Gasteiger partial charge >= 0.3 is 0 Å². The molecule has 3 N–H and O–H groups in total. The molecule has 0 saturated heterocycles. The maximum absolute atomic E-state index is 11.4. The molecule has 0 aliphatic carbocycles. The molecule has 0 aliphatic rings. The predicted molar refractivity (Wildman–Crippen MR) is 65.8 cm³/mol. The molecule has 0 spiro atoms. The first-order valence-corrected chi connectivity index (χ1v) is 5.63. The second-order valence-corrected chi connectivity index (χ2v) is 4.17. The quantitative estimate of drug-likeness (QED) is 0.667. The van der Waals surface area contributed by atoms with Gasteiger partial charge in [-0.15, -0.1) is 0 Å². The Kier molecular flexibility index (Phi) is 5.19. The summed E-state index contributed by atoms with van der Waals surface area (Å²) < 4.78 is 0. The molecule has 1 amide bonds. The molecule has 0 bridgehead atoms. The van der Waals surface area contributed by atoms with E-state index >= 15 is 0 Å². The Bertz CT molecular complexity index is 414. The van der Waals surface area contributed by atoms with Crippen molar-refractivity contribution in [2.45, 2.75) is 20.3 Å². The smallest absolute Gasteiger partial charge is 0.252 e. The number of H-pyrrole nitrogens is 1. The molecular weight excluding hydrogens is 220 g/mol. The highest BCUT2D eigenvalue weighted by Gasteiger charge is 2.02. The Morgan fingerprint density at radius 3 is 2.94 bits per heavy atom. The predicted octanol–water partition coefficient (Wildman–Crippen LogP) is 0.344. The lowest BCUT2D eigenvalue weighted by atomic mass is 10.2. The van der Waals surface area contributed by atoms with Crippen LogP contribution in [-0.4, -0.2) is 29.0 Å². The molecule has 0 aliphatic heterocycles. The molecule has 6 heteroatoms. The van der Waals surface area contributed by atoms with Gasteiger partial charge in [0.05, 0.1) is 6.33 Å². The first-order chi connectivity index (χ1) is 8.08. The Morgan fingerprint density at radius 2 is 2.29 bits per heavy atom. The average molecular weight is 238 g/mol. The van der Waals surface area contributed by atoms with Gasteiger partial charge in [-0.25, -0.2) is 4.98 Å². The van der Waals surface area contributed by atoms with Crippen LogP contribution in [0.5, 0.6) is 0 Å². The van der Waals surface area contributed by atoms with Gasteiger partial charge in [0, 0.05) is 25.6 Å². The zero-order chi connectivity index (χ0) is 12.7. The number of aromatic nitrogens is 2. The number of hydrogen-bond acceptors (Lipinski definition) is 4. The molecule has 0 radical (unpaired) electrons. The van der Waals surface area contributed by atoms with Crippen LogP contribution in [0.2, 0.25) is 0 Å². The molecule has 1 rings (SSSR count). The van der Waals surface area contributed by atoms with Crippen molar-refractivity contribution in [1.82, 2.24) is 15.3 Å².